The standard InChI is InChI=1S/C9H17NO4/c1-5-6-9(7(11)12,8(13)14)10(2,3)4/h5-6H2,1-4H3,(H-,11,12,13,14)/p+1. The third kappa shape index (κ3) is 1.87. The van der Waals surface area contributed by atoms with Crippen LogP contribution >= 0.6 is 0 Å². The number of likely N-dealkylation sites (N-methyl/N-ethyl adjacent to an activating group) is 1. The van der Waals surface area contributed by atoms with Gasteiger partial charge in [-0.15, -0.1) is 0 Å². The largest absolute Gasteiger partial charge is 0.476 e. The maximum Gasteiger partial charge on any atom is 0.377 e. The maximum absolute atomic E-state index is 11.1. The predicted octanol–water partition coefficient (Wildman–Crippen LogP) is 0.401. The van der Waals surface area contributed by atoms with E-state index in [4.69, 9.17) is 10.2 Å². The lowest BCUT2D eigenvalue weighted by atomic mass is 9.90. The molecular formula is C9H18NO4+. The van der Waals surface area contributed by atoms with Crippen LogP contribution < -0.4 is 0 Å². The maximum atomic E-state index is 11.1. The lowest BCUT2D eigenvalue weighted by molar-refractivity contribution is -0.904. The van der Waals surface area contributed by atoms with Crippen LogP contribution in [-0.4, -0.2) is 53.3 Å². The molecule has 0 rings (SSSR count). The minimum Gasteiger partial charge on any atom is -0.476 e. The van der Waals surface area contributed by atoms with Gasteiger partial charge < -0.3 is 14.7 Å². The number of nitrogens with zero attached hydrogens (tertiary/aromatic N) is 1. The highest BCUT2D eigenvalue weighted by Gasteiger charge is 2.57. The zero-order valence-corrected chi connectivity index (χ0v) is 9.07. The van der Waals surface area contributed by atoms with Gasteiger partial charge in [0.05, 0.1) is 21.1 Å². The Labute approximate surface area is 83.5 Å². The summed E-state index contributed by atoms with van der Waals surface area (Å²) in [5.74, 6) is -2.56. The SMILES string of the molecule is CCCC(C(=O)O)(C(=O)O)[N+](C)(C)C. The number of quaternary nitrogens is 1. The van der Waals surface area contributed by atoms with E-state index < -0.39 is 17.5 Å². The molecule has 0 aromatic rings. The predicted molar refractivity (Wildman–Crippen MR) is 50.9 cm³/mol. The first-order valence-corrected chi connectivity index (χ1v) is 4.48. The molecule has 0 amide bonds. The Morgan fingerprint density at radius 3 is 1.57 bits per heavy atom. The highest BCUT2D eigenvalue weighted by atomic mass is 16.4. The number of hydrogen-bond donors (Lipinski definition) is 2. The van der Waals surface area contributed by atoms with Crippen LogP contribution in [-0.2, 0) is 9.59 Å². The Morgan fingerprint density at radius 1 is 1.14 bits per heavy atom. The van der Waals surface area contributed by atoms with Gasteiger partial charge in [-0.05, 0) is 6.42 Å². The van der Waals surface area contributed by atoms with E-state index in [1.807, 2.05) is 0 Å². The summed E-state index contributed by atoms with van der Waals surface area (Å²) in [7, 11) is 4.74. The summed E-state index contributed by atoms with van der Waals surface area (Å²) in [6.07, 6.45) is 0.648. The van der Waals surface area contributed by atoms with Gasteiger partial charge >= 0.3 is 11.9 Å². The van der Waals surface area contributed by atoms with Gasteiger partial charge in [-0.2, -0.15) is 0 Å². The Morgan fingerprint density at radius 2 is 1.50 bits per heavy atom. The number of rotatable bonds is 5. The molecule has 0 radical (unpaired) electrons. The summed E-state index contributed by atoms with van der Waals surface area (Å²) in [5.41, 5.74) is -1.74. The molecule has 0 bridgehead atoms. The molecular weight excluding hydrogens is 186 g/mol. The first kappa shape index (κ1) is 12.9. The van der Waals surface area contributed by atoms with Crippen molar-refractivity contribution in [3.8, 4) is 0 Å². The molecule has 5 heteroatoms. The van der Waals surface area contributed by atoms with E-state index >= 15 is 0 Å². The van der Waals surface area contributed by atoms with Gasteiger partial charge in [0.1, 0.15) is 0 Å². The lowest BCUT2D eigenvalue weighted by Crippen LogP contribution is -2.66. The molecule has 2 N–H and O–H groups in total. The third-order valence-electron chi connectivity index (χ3n) is 2.46. The highest BCUT2D eigenvalue weighted by molar-refractivity contribution is 6.01. The number of carboxylic acids is 2. The van der Waals surface area contributed by atoms with E-state index in [0.29, 0.717) is 6.42 Å². The number of carbonyl (C=O) groups is 2. The zero-order chi connectivity index (χ0) is 11.6. The second-order valence-electron chi connectivity index (χ2n) is 4.23. The van der Waals surface area contributed by atoms with Crippen molar-refractivity contribution in [2.24, 2.45) is 0 Å². The normalized spacial score (nSPS) is 12.6. The molecule has 0 heterocycles. The van der Waals surface area contributed by atoms with Crippen molar-refractivity contribution in [1.82, 2.24) is 0 Å². The molecule has 0 aliphatic rings. The molecule has 0 atom stereocenters. The Kier molecular flexibility index (Phi) is 3.65. The van der Waals surface area contributed by atoms with Gasteiger partial charge in [0.15, 0.2) is 0 Å². The first-order chi connectivity index (χ1) is 6.20. The zero-order valence-electron chi connectivity index (χ0n) is 9.07. The van der Waals surface area contributed by atoms with Crippen LogP contribution in [0.4, 0.5) is 0 Å². The monoisotopic (exact) mass is 204 g/mol. The fraction of sp³-hybridized carbons (Fsp3) is 0.778. The summed E-state index contributed by atoms with van der Waals surface area (Å²) in [5, 5.41) is 18.1. The van der Waals surface area contributed by atoms with Crippen molar-refractivity contribution in [2.75, 3.05) is 21.1 Å². The molecule has 0 fully saturated rings. The van der Waals surface area contributed by atoms with Crippen molar-refractivity contribution < 1.29 is 24.3 Å². The molecule has 0 aromatic heterocycles. The van der Waals surface area contributed by atoms with E-state index in [9.17, 15) is 9.59 Å². The van der Waals surface area contributed by atoms with Crippen molar-refractivity contribution in [1.29, 1.82) is 0 Å². The van der Waals surface area contributed by atoms with Gasteiger partial charge in [0, 0.05) is 6.42 Å². The van der Waals surface area contributed by atoms with Crippen molar-refractivity contribution in [3.63, 3.8) is 0 Å². The van der Waals surface area contributed by atoms with Gasteiger partial charge in [-0.25, -0.2) is 9.59 Å². The van der Waals surface area contributed by atoms with Crippen LogP contribution in [0.25, 0.3) is 0 Å². The van der Waals surface area contributed by atoms with Crippen LogP contribution in [0.3, 0.4) is 0 Å². The quantitative estimate of drug-likeness (QED) is 0.502. The molecule has 14 heavy (non-hydrogen) atoms. The van der Waals surface area contributed by atoms with Gasteiger partial charge in [-0.3, -0.25) is 0 Å². The van der Waals surface area contributed by atoms with Crippen LogP contribution in [0.15, 0.2) is 0 Å². The smallest absolute Gasteiger partial charge is 0.377 e. The average molecular weight is 204 g/mol. The molecule has 0 saturated carbocycles. The lowest BCUT2D eigenvalue weighted by Gasteiger charge is -2.39. The minimum atomic E-state index is -1.74. The Bertz CT molecular complexity index is 228. The third-order valence-corrected chi connectivity index (χ3v) is 2.46. The van der Waals surface area contributed by atoms with E-state index in [0.717, 1.165) is 0 Å². The fourth-order valence-electron chi connectivity index (χ4n) is 1.58. The molecule has 0 spiro atoms. The summed E-state index contributed by atoms with van der Waals surface area (Å²) < 4.78 is -0.120. The molecule has 0 aliphatic heterocycles. The van der Waals surface area contributed by atoms with E-state index in [2.05, 4.69) is 0 Å². The molecule has 0 aromatic carbocycles. The van der Waals surface area contributed by atoms with Crippen molar-refractivity contribution >= 4 is 11.9 Å². The number of carboxylic acid groups (broad SMARTS) is 2. The summed E-state index contributed by atoms with van der Waals surface area (Å²) >= 11 is 0. The topological polar surface area (TPSA) is 74.6 Å². The fourth-order valence-corrected chi connectivity index (χ4v) is 1.58. The summed E-state index contributed by atoms with van der Waals surface area (Å²) in [4.78, 5) is 22.2. The summed E-state index contributed by atoms with van der Waals surface area (Å²) in [6.45, 7) is 1.77. The molecule has 0 saturated heterocycles. The van der Waals surface area contributed by atoms with Gasteiger partial charge in [0.25, 0.3) is 5.54 Å². The molecule has 5 nitrogen and oxygen atoms in total. The average Bonchev–Trinajstić information content (AvgIpc) is 1.95. The summed E-state index contributed by atoms with van der Waals surface area (Å²) in [6, 6.07) is 0. The van der Waals surface area contributed by atoms with Crippen LogP contribution in [0.1, 0.15) is 19.8 Å². The van der Waals surface area contributed by atoms with E-state index in [1.165, 1.54) is 0 Å². The second-order valence-corrected chi connectivity index (χ2v) is 4.23. The van der Waals surface area contributed by atoms with Gasteiger partial charge in [0.2, 0.25) is 0 Å². The van der Waals surface area contributed by atoms with E-state index in [-0.39, 0.29) is 10.9 Å². The Hall–Kier alpha value is -1.10. The molecule has 0 aliphatic carbocycles. The Balaban J connectivity index is 5.39. The van der Waals surface area contributed by atoms with Crippen LogP contribution in [0, 0.1) is 0 Å². The van der Waals surface area contributed by atoms with Gasteiger partial charge in [-0.1, -0.05) is 6.92 Å². The van der Waals surface area contributed by atoms with Crippen molar-refractivity contribution in [2.45, 2.75) is 25.3 Å². The molecule has 0 unspecified atom stereocenters. The minimum absolute atomic E-state index is 0.120. The van der Waals surface area contributed by atoms with Crippen LogP contribution in [0.5, 0.6) is 0 Å². The number of aliphatic carboxylic acids is 2. The van der Waals surface area contributed by atoms with Crippen molar-refractivity contribution in [3.05, 3.63) is 0 Å². The van der Waals surface area contributed by atoms with Crippen LogP contribution in [0.2, 0.25) is 0 Å². The molecule has 82 valence electrons. The number of hydrogen-bond acceptors (Lipinski definition) is 2. The van der Waals surface area contributed by atoms with E-state index in [1.54, 1.807) is 28.1 Å². The highest BCUT2D eigenvalue weighted by Crippen LogP contribution is 2.25. The second kappa shape index (κ2) is 3.96. The first-order valence-electron chi connectivity index (χ1n) is 4.48.